The first kappa shape index (κ1) is 28.9. The van der Waals surface area contributed by atoms with Crippen LogP contribution in [0.2, 0.25) is 0 Å². The molecule has 6 nitrogen and oxygen atoms in total. The van der Waals surface area contributed by atoms with E-state index in [1.54, 1.807) is 12.2 Å². The van der Waals surface area contributed by atoms with Crippen LogP contribution < -0.4 is 0 Å². The highest BCUT2D eigenvalue weighted by atomic mass is 16.4. The van der Waals surface area contributed by atoms with E-state index in [1.165, 1.54) is 0 Å². The van der Waals surface area contributed by atoms with Gasteiger partial charge >= 0.3 is 0 Å². The molecule has 1 saturated carbocycles. The first-order chi connectivity index (χ1) is 18.7. The summed E-state index contributed by atoms with van der Waals surface area (Å²) < 4.78 is 0. The van der Waals surface area contributed by atoms with Crippen molar-refractivity contribution in [2.75, 3.05) is 0 Å². The fraction of sp³-hybridized carbons (Fsp3) is 0.333. The fourth-order valence-electron chi connectivity index (χ4n) is 5.36. The molecule has 0 aromatic heterocycles. The maximum atomic E-state index is 11.7. The molecular weight excluding hydrogens is 492 g/mol. The Hall–Kier alpha value is -3.10. The molecule has 1 aliphatic rings. The standard InChI is InChI=1S/C33H38O6/c34-28-29(35)32(38,21-11-10-16-24-12-4-1-5-13-24)31(37)33(39,30(28)36)23-27(22-26-17-8-3-9-18-26)20-19-25-14-6-2-7-15-25/h1-15,17-18,20,28-31,34-39H,16,19,21-23H2/b11-10+,27-20+/t28-,29-,30+,31+,32-,33+/m0/s1. The van der Waals surface area contributed by atoms with Crippen molar-refractivity contribution in [1.29, 1.82) is 0 Å². The lowest BCUT2D eigenvalue weighted by Gasteiger charge is -2.54. The molecule has 39 heavy (non-hydrogen) atoms. The predicted octanol–water partition coefficient (Wildman–Crippen LogP) is 2.90. The van der Waals surface area contributed by atoms with Crippen molar-refractivity contribution in [1.82, 2.24) is 0 Å². The first-order valence-electron chi connectivity index (χ1n) is 13.4. The summed E-state index contributed by atoms with van der Waals surface area (Å²) in [5.41, 5.74) is -0.798. The van der Waals surface area contributed by atoms with Gasteiger partial charge in [-0.15, -0.1) is 0 Å². The molecule has 206 valence electrons. The van der Waals surface area contributed by atoms with Crippen LogP contribution in [0.25, 0.3) is 0 Å². The van der Waals surface area contributed by atoms with Gasteiger partial charge in [0, 0.05) is 6.42 Å². The van der Waals surface area contributed by atoms with E-state index < -0.39 is 35.6 Å². The van der Waals surface area contributed by atoms with E-state index in [-0.39, 0.29) is 12.8 Å². The summed E-state index contributed by atoms with van der Waals surface area (Å²) in [6.07, 6.45) is -1.07. The van der Waals surface area contributed by atoms with Crippen molar-refractivity contribution in [3.63, 3.8) is 0 Å². The molecule has 0 amide bonds. The average molecular weight is 531 g/mol. The summed E-state index contributed by atoms with van der Waals surface area (Å²) in [6, 6.07) is 29.0. The molecule has 0 radical (unpaired) electrons. The monoisotopic (exact) mass is 530 g/mol. The number of aliphatic hydroxyl groups excluding tert-OH is 4. The van der Waals surface area contributed by atoms with E-state index >= 15 is 0 Å². The molecular formula is C33H38O6. The minimum absolute atomic E-state index is 0.211. The number of rotatable bonds is 10. The highest BCUT2D eigenvalue weighted by Gasteiger charge is 2.64. The third-order valence-corrected chi connectivity index (χ3v) is 7.68. The molecule has 0 unspecified atom stereocenters. The quantitative estimate of drug-likeness (QED) is 0.224. The van der Waals surface area contributed by atoms with Gasteiger partial charge in [0.1, 0.15) is 35.6 Å². The molecule has 4 rings (SSSR count). The lowest BCUT2D eigenvalue weighted by atomic mass is 9.64. The zero-order chi connectivity index (χ0) is 27.9. The highest BCUT2D eigenvalue weighted by molar-refractivity contribution is 5.28. The number of allylic oxidation sites excluding steroid dienone is 2. The van der Waals surface area contributed by atoms with Crippen molar-refractivity contribution < 1.29 is 30.6 Å². The normalized spacial score (nSPS) is 29.5. The minimum Gasteiger partial charge on any atom is -0.387 e. The third-order valence-electron chi connectivity index (χ3n) is 7.68. The second kappa shape index (κ2) is 12.8. The van der Waals surface area contributed by atoms with Gasteiger partial charge in [0.25, 0.3) is 0 Å². The largest absolute Gasteiger partial charge is 0.387 e. The molecule has 0 saturated heterocycles. The second-order valence-electron chi connectivity index (χ2n) is 10.5. The Morgan fingerprint density at radius 3 is 1.67 bits per heavy atom. The fourth-order valence-corrected chi connectivity index (χ4v) is 5.36. The molecule has 0 aliphatic heterocycles. The van der Waals surface area contributed by atoms with Crippen LogP contribution in [-0.4, -0.2) is 66.3 Å². The Kier molecular flexibility index (Phi) is 9.51. The van der Waals surface area contributed by atoms with E-state index in [2.05, 4.69) is 0 Å². The van der Waals surface area contributed by atoms with Crippen molar-refractivity contribution in [2.24, 2.45) is 0 Å². The lowest BCUT2D eigenvalue weighted by Crippen LogP contribution is -2.76. The molecule has 3 aromatic rings. The maximum Gasteiger partial charge on any atom is 0.125 e. The molecule has 6 atom stereocenters. The summed E-state index contributed by atoms with van der Waals surface area (Å²) in [6.45, 7) is 0. The Balaban J connectivity index is 1.59. The lowest BCUT2D eigenvalue weighted by molar-refractivity contribution is -0.303. The highest BCUT2D eigenvalue weighted by Crippen LogP contribution is 2.42. The zero-order valence-electron chi connectivity index (χ0n) is 21.9. The molecule has 0 spiro atoms. The van der Waals surface area contributed by atoms with Gasteiger partial charge < -0.3 is 30.6 Å². The van der Waals surface area contributed by atoms with Crippen LogP contribution in [0.4, 0.5) is 0 Å². The van der Waals surface area contributed by atoms with Crippen LogP contribution in [0, 0.1) is 0 Å². The van der Waals surface area contributed by atoms with Crippen molar-refractivity contribution in [2.45, 2.75) is 67.7 Å². The number of hydrogen-bond acceptors (Lipinski definition) is 6. The molecule has 6 N–H and O–H groups in total. The molecule has 0 bridgehead atoms. The number of benzene rings is 3. The molecule has 6 heteroatoms. The summed E-state index contributed by atoms with van der Waals surface area (Å²) in [4.78, 5) is 0. The van der Waals surface area contributed by atoms with Crippen LogP contribution in [0.5, 0.6) is 0 Å². The van der Waals surface area contributed by atoms with Crippen molar-refractivity contribution in [3.05, 3.63) is 131 Å². The summed E-state index contributed by atoms with van der Waals surface area (Å²) in [5, 5.41) is 66.8. The smallest absolute Gasteiger partial charge is 0.125 e. The summed E-state index contributed by atoms with van der Waals surface area (Å²) >= 11 is 0. The predicted molar refractivity (Wildman–Crippen MR) is 151 cm³/mol. The van der Waals surface area contributed by atoms with Gasteiger partial charge in [-0.3, -0.25) is 0 Å². The number of aliphatic hydroxyl groups is 6. The van der Waals surface area contributed by atoms with E-state index in [0.717, 1.165) is 22.3 Å². The average Bonchev–Trinajstić information content (AvgIpc) is 2.97. The van der Waals surface area contributed by atoms with Crippen molar-refractivity contribution >= 4 is 0 Å². The van der Waals surface area contributed by atoms with Gasteiger partial charge in [-0.25, -0.2) is 0 Å². The Morgan fingerprint density at radius 1 is 0.615 bits per heavy atom. The number of hydrogen-bond donors (Lipinski definition) is 6. The molecule has 1 fully saturated rings. The van der Waals surface area contributed by atoms with Gasteiger partial charge in [0.05, 0.1) is 0 Å². The van der Waals surface area contributed by atoms with Gasteiger partial charge in [-0.2, -0.15) is 0 Å². The zero-order valence-corrected chi connectivity index (χ0v) is 21.9. The topological polar surface area (TPSA) is 121 Å². The molecule has 3 aromatic carbocycles. The molecule has 0 heterocycles. The van der Waals surface area contributed by atoms with E-state index in [0.29, 0.717) is 19.3 Å². The van der Waals surface area contributed by atoms with Crippen LogP contribution in [0.3, 0.4) is 0 Å². The van der Waals surface area contributed by atoms with E-state index in [9.17, 15) is 30.6 Å². The maximum absolute atomic E-state index is 11.7. The Bertz CT molecular complexity index is 1230. The van der Waals surface area contributed by atoms with Crippen LogP contribution in [0.1, 0.15) is 29.5 Å². The first-order valence-corrected chi connectivity index (χ1v) is 13.4. The van der Waals surface area contributed by atoms with Crippen molar-refractivity contribution in [3.8, 4) is 0 Å². The van der Waals surface area contributed by atoms with Gasteiger partial charge in [0.2, 0.25) is 0 Å². The van der Waals surface area contributed by atoms with Crippen LogP contribution in [0.15, 0.2) is 115 Å². The second-order valence-corrected chi connectivity index (χ2v) is 10.5. The van der Waals surface area contributed by atoms with Crippen LogP contribution in [-0.2, 0) is 19.3 Å². The van der Waals surface area contributed by atoms with E-state index in [1.807, 2.05) is 97.1 Å². The van der Waals surface area contributed by atoms with Gasteiger partial charge in [-0.1, -0.05) is 115 Å². The van der Waals surface area contributed by atoms with Gasteiger partial charge in [0.15, 0.2) is 0 Å². The Morgan fingerprint density at radius 2 is 1.10 bits per heavy atom. The Labute approximate surface area is 229 Å². The summed E-state index contributed by atoms with van der Waals surface area (Å²) in [7, 11) is 0. The summed E-state index contributed by atoms with van der Waals surface area (Å²) in [5.74, 6) is 0. The van der Waals surface area contributed by atoms with Crippen LogP contribution >= 0.6 is 0 Å². The third kappa shape index (κ3) is 6.73. The molecule has 1 aliphatic carbocycles. The van der Waals surface area contributed by atoms with E-state index in [4.69, 9.17) is 0 Å². The van der Waals surface area contributed by atoms with Gasteiger partial charge in [-0.05, 0) is 42.4 Å². The minimum atomic E-state index is -2.31. The SMILES string of the molecule is O[C@@H]1[C@@H](O)[C@](O)(C/C(=C/Cc2ccccc2)Cc2ccccc2)[C@H](O)[C@](O)(C/C=C/Cc2ccccc2)[C@H]1O.